The topological polar surface area (TPSA) is 361 Å². The summed E-state index contributed by atoms with van der Waals surface area (Å²) in [5, 5.41) is 25.1. The van der Waals surface area contributed by atoms with Crippen LogP contribution in [-0.2, 0) is 47.7 Å². The van der Waals surface area contributed by atoms with E-state index in [4.69, 9.17) is 43.0 Å². The lowest BCUT2D eigenvalue weighted by molar-refractivity contribution is -0.150. The second-order valence-corrected chi connectivity index (χ2v) is 21.9. The number of carbonyl (C=O) groups excluding carboxylic acids is 6. The molecule has 7 N–H and O–H groups in total. The molecule has 0 unspecified atom stereocenters. The number of methoxy groups -OCH3 is 2. The highest BCUT2D eigenvalue weighted by Gasteiger charge is 2.44. The molecule has 6 atom stereocenters. The van der Waals surface area contributed by atoms with Crippen LogP contribution >= 0.6 is 0 Å². The van der Waals surface area contributed by atoms with E-state index in [1.165, 1.54) is 24.0 Å². The molecule has 3 saturated heterocycles. The van der Waals surface area contributed by atoms with Crippen LogP contribution in [0.1, 0.15) is 96.2 Å². The largest absolute Gasteiger partial charge is 0.480 e. The zero-order valence-electron chi connectivity index (χ0n) is 49.1. The number of hydrogen-bond acceptors (Lipinski definition) is 20. The zero-order valence-corrected chi connectivity index (χ0v) is 49.1. The van der Waals surface area contributed by atoms with Crippen LogP contribution in [0, 0.1) is 0 Å². The Kier molecular flexibility index (Phi) is 23.2. The van der Waals surface area contributed by atoms with E-state index in [9.17, 15) is 43.5 Å². The molecule has 6 heterocycles. The lowest BCUT2D eigenvalue weighted by atomic mass is 10.1. The molecule has 4 amide bonds. The summed E-state index contributed by atoms with van der Waals surface area (Å²) in [6.07, 6.45) is 4.60. The summed E-state index contributed by atoms with van der Waals surface area (Å²) in [6.45, 7) is 10.5. The Morgan fingerprint density at radius 2 is 0.965 bits per heavy atom. The van der Waals surface area contributed by atoms with E-state index in [1.54, 1.807) is 60.3 Å². The predicted octanol–water partition coefficient (Wildman–Crippen LogP) is 6.35. The fourth-order valence-electron chi connectivity index (χ4n) is 9.21. The summed E-state index contributed by atoms with van der Waals surface area (Å²) in [5.74, 6) is -2.54. The third kappa shape index (κ3) is 19.3. The van der Waals surface area contributed by atoms with Crippen LogP contribution in [0.15, 0.2) is 123 Å². The number of alkyl carbamates (subject to hydrolysis) is 2. The normalized spacial score (nSPS) is 18.8. The number of aromatic nitrogens is 3. The van der Waals surface area contributed by atoms with Crippen molar-refractivity contribution in [3.05, 3.63) is 127 Å². The van der Waals surface area contributed by atoms with Crippen LogP contribution in [0.4, 0.5) is 9.59 Å². The van der Waals surface area contributed by atoms with Crippen LogP contribution in [-0.4, -0.2) is 166 Å². The summed E-state index contributed by atoms with van der Waals surface area (Å²) in [5.41, 5.74) is 9.14. The maximum atomic E-state index is 12.7. The number of likely N-dealkylation sites (tertiary alicyclic amines) is 2. The number of carboxylic acid groups (broad SMARTS) is 2. The van der Waals surface area contributed by atoms with Crippen molar-refractivity contribution < 1.29 is 80.8 Å². The summed E-state index contributed by atoms with van der Waals surface area (Å²) in [4.78, 5) is 108. The predicted molar refractivity (Wildman–Crippen MR) is 308 cm³/mol. The SMILES string of the molecule is CC(C)(C)OC(=O)NCC(=O)O.COC(=O)[C@@H]1C[C@@H](c2nc(-c3ccccc3)co2)CN1.COC(=O)[C@@H]1C[C@@H](c2nc(-c3ccccc3)co2)CN1C(=O)CNC(=O)OC(C)(C)C.NCC(=O)N1C[C@H](c2nc(-c3ccccc3)co2)C[C@H]1C(=O)O. The van der Waals surface area contributed by atoms with Crippen molar-refractivity contribution in [3.8, 4) is 33.8 Å². The second-order valence-electron chi connectivity index (χ2n) is 21.9. The minimum absolute atomic E-state index is 0.108. The fourth-order valence-corrected chi connectivity index (χ4v) is 9.21. The number of nitrogens with two attached hydrogens (primary N) is 1. The Morgan fingerprint density at radius 3 is 1.35 bits per heavy atom. The van der Waals surface area contributed by atoms with Crippen LogP contribution in [0.25, 0.3) is 33.8 Å². The first kappa shape index (κ1) is 65.7. The maximum absolute atomic E-state index is 12.7. The highest BCUT2D eigenvalue weighted by molar-refractivity contribution is 5.88. The minimum Gasteiger partial charge on any atom is -0.480 e. The van der Waals surface area contributed by atoms with Crippen molar-refractivity contribution in [1.82, 2.24) is 40.7 Å². The van der Waals surface area contributed by atoms with E-state index < -0.39 is 65.8 Å². The molecule has 0 aliphatic carbocycles. The summed E-state index contributed by atoms with van der Waals surface area (Å²) >= 11 is 0. The van der Waals surface area contributed by atoms with Gasteiger partial charge in [-0.2, -0.15) is 0 Å². The number of benzene rings is 3. The highest BCUT2D eigenvalue weighted by atomic mass is 16.6. The van der Waals surface area contributed by atoms with Gasteiger partial charge in [0.2, 0.25) is 11.8 Å². The number of carbonyl (C=O) groups is 8. The first-order valence-corrected chi connectivity index (χ1v) is 27.5. The molecule has 86 heavy (non-hydrogen) atoms. The van der Waals surface area contributed by atoms with Gasteiger partial charge in [-0.05, 0) is 60.8 Å². The van der Waals surface area contributed by atoms with Crippen molar-refractivity contribution in [2.45, 2.75) is 108 Å². The molecule has 3 aromatic carbocycles. The molecule has 0 spiro atoms. The number of nitrogens with zero attached hydrogens (tertiary/aromatic N) is 5. The third-order valence-electron chi connectivity index (χ3n) is 13.2. The molecule has 3 fully saturated rings. The Balaban J connectivity index is 0.000000192. The average Bonchev–Trinajstić information content (AvgIpc) is 3.12. The van der Waals surface area contributed by atoms with Gasteiger partial charge in [0, 0.05) is 36.3 Å². The van der Waals surface area contributed by atoms with Crippen LogP contribution < -0.4 is 21.7 Å². The monoisotopic (exact) mass is 1190 g/mol. The number of oxazole rings is 3. The number of nitrogens with one attached hydrogen (secondary N) is 3. The number of rotatable bonds is 14. The Hall–Kier alpha value is -9.43. The quantitative estimate of drug-likeness (QED) is 0.0511. The molecule has 9 rings (SSSR count). The number of esters is 2. The number of ether oxygens (including phenoxy) is 4. The van der Waals surface area contributed by atoms with E-state index >= 15 is 0 Å². The minimum atomic E-state index is -1.10. The van der Waals surface area contributed by atoms with Crippen LogP contribution in [0.5, 0.6) is 0 Å². The first-order valence-electron chi connectivity index (χ1n) is 27.5. The number of hydrogen-bond donors (Lipinski definition) is 6. The smallest absolute Gasteiger partial charge is 0.408 e. The Labute approximate surface area is 496 Å². The first-order chi connectivity index (χ1) is 40.9. The number of aliphatic carboxylic acids is 2. The van der Waals surface area contributed by atoms with E-state index in [1.807, 2.05) is 91.0 Å². The third-order valence-corrected chi connectivity index (χ3v) is 13.2. The van der Waals surface area contributed by atoms with Crippen LogP contribution in [0.3, 0.4) is 0 Å². The molecule has 0 saturated carbocycles. The van der Waals surface area contributed by atoms with Crippen molar-refractivity contribution in [3.63, 3.8) is 0 Å². The summed E-state index contributed by atoms with van der Waals surface area (Å²) < 4.78 is 36.3. The molecule has 0 radical (unpaired) electrons. The van der Waals surface area contributed by atoms with Gasteiger partial charge in [0.1, 0.15) is 78.3 Å². The highest BCUT2D eigenvalue weighted by Crippen LogP contribution is 2.35. The molecule has 460 valence electrons. The molecule has 0 bridgehead atoms. The molecular formula is C60H73N9O17. The molecule has 6 aromatic rings. The lowest BCUT2D eigenvalue weighted by Crippen LogP contribution is -2.46. The van der Waals surface area contributed by atoms with E-state index in [-0.39, 0.29) is 68.3 Å². The standard InChI is InChI=1S/C22H27N3O6.C16H17N3O4.C15H16N2O3.C7H13NO4/c1-22(2,3)31-21(28)23-11-18(26)25-12-15(10-17(25)20(27)29-4)19-24-16(13-30-19)14-8-6-5-7-9-14;17-7-14(20)19-8-11(6-13(19)16(21)22)15-18-12(9-23-15)10-4-2-1-3-5-10;1-19-15(18)12-7-11(8-16-12)14-17-13(9-20-14)10-5-3-2-4-6-10;1-7(2,3)12-6(11)8-4-5(9)10/h5-9,13,15,17H,10-12H2,1-4H3,(H,23,28);1-5,9,11,13H,6-8,17H2,(H,21,22);2-6,9,11-12,16H,7-8H2,1H3;4H2,1-3H3,(H,8,11)(H,9,10)/t15-,17+;11-,13+;11-,12+;/m111./s1. The van der Waals surface area contributed by atoms with E-state index in [0.717, 1.165) is 22.4 Å². The number of carboxylic acids is 2. The van der Waals surface area contributed by atoms with Gasteiger partial charge in [0.05, 0.1) is 38.5 Å². The van der Waals surface area contributed by atoms with E-state index in [0.29, 0.717) is 48.4 Å². The van der Waals surface area contributed by atoms with Crippen molar-refractivity contribution in [2.24, 2.45) is 5.73 Å². The molecule has 26 nitrogen and oxygen atoms in total. The molecule has 3 aromatic heterocycles. The average molecular weight is 1190 g/mol. The van der Waals surface area contributed by atoms with Crippen LogP contribution in [0.2, 0.25) is 0 Å². The van der Waals surface area contributed by atoms with Gasteiger partial charge < -0.3 is 73.9 Å². The van der Waals surface area contributed by atoms with Gasteiger partial charge in [-0.25, -0.2) is 34.1 Å². The molecule has 3 aliphatic rings. The fraction of sp³-hybridized carbons (Fsp3) is 0.417. The van der Waals surface area contributed by atoms with E-state index in [2.05, 4.69) is 30.9 Å². The number of amides is 4. The summed E-state index contributed by atoms with van der Waals surface area (Å²) in [7, 11) is 2.67. The molecule has 3 aliphatic heterocycles. The lowest BCUT2D eigenvalue weighted by Gasteiger charge is -2.23. The van der Waals surface area contributed by atoms with Gasteiger partial charge in [0.15, 0.2) is 17.7 Å². The molecular weight excluding hydrogens is 1120 g/mol. The Bertz CT molecular complexity index is 3230. The van der Waals surface area contributed by atoms with Crippen molar-refractivity contribution >= 4 is 47.9 Å². The van der Waals surface area contributed by atoms with Gasteiger partial charge >= 0.3 is 36.1 Å². The van der Waals surface area contributed by atoms with Gasteiger partial charge in [-0.3, -0.25) is 19.2 Å². The van der Waals surface area contributed by atoms with Gasteiger partial charge in [-0.15, -0.1) is 0 Å². The summed E-state index contributed by atoms with van der Waals surface area (Å²) in [6, 6.07) is 27.1. The molecule has 26 heteroatoms. The zero-order chi connectivity index (χ0) is 62.7. The Morgan fingerprint density at radius 1 is 0.570 bits per heavy atom. The van der Waals surface area contributed by atoms with Crippen molar-refractivity contribution in [1.29, 1.82) is 0 Å². The van der Waals surface area contributed by atoms with Gasteiger partial charge in [0.25, 0.3) is 0 Å². The van der Waals surface area contributed by atoms with Gasteiger partial charge in [-0.1, -0.05) is 91.0 Å². The second kappa shape index (κ2) is 30.4. The van der Waals surface area contributed by atoms with Crippen molar-refractivity contribution in [2.75, 3.05) is 53.5 Å². The maximum Gasteiger partial charge on any atom is 0.408 e.